The number of primary amides is 1. The van der Waals surface area contributed by atoms with Crippen molar-refractivity contribution in [2.45, 2.75) is 19.9 Å². The topological polar surface area (TPSA) is 98.5 Å². The Balaban J connectivity index is 3.67. The molecule has 0 aliphatic carbocycles. The average Bonchev–Trinajstić information content (AvgIpc) is 2.11. The summed E-state index contributed by atoms with van der Waals surface area (Å²) in [5.74, 6) is 0.219. The van der Waals surface area contributed by atoms with Crippen LogP contribution < -0.4 is 11.1 Å². The highest BCUT2D eigenvalue weighted by atomic mass is 32.2. The first kappa shape index (κ1) is 14.2. The molecule has 0 fully saturated rings. The fraction of sp³-hybridized carbons (Fsp3) is 0.875. The van der Waals surface area contributed by atoms with Gasteiger partial charge in [0.1, 0.15) is 6.61 Å². The van der Waals surface area contributed by atoms with Crippen LogP contribution in [0.2, 0.25) is 0 Å². The maximum atomic E-state index is 11.2. The second kappa shape index (κ2) is 6.62. The van der Waals surface area contributed by atoms with Crippen LogP contribution in [0.15, 0.2) is 0 Å². The van der Waals surface area contributed by atoms with E-state index >= 15 is 0 Å². The van der Waals surface area contributed by atoms with Gasteiger partial charge in [-0.3, -0.25) is 0 Å². The zero-order chi connectivity index (χ0) is 11.9. The Morgan fingerprint density at radius 1 is 1.53 bits per heavy atom. The Labute approximate surface area is 90.1 Å². The van der Waals surface area contributed by atoms with Gasteiger partial charge in [0, 0.05) is 18.3 Å². The third kappa shape index (κ3) is 8.19. The molecule has 0 aromatic heterocycles. The maximum absolute atomic E-state index is 11.2. The van der Waals surface area contributed by atoms with E-state index in [2.05, 4.69) is 10.1 Å². The first-order valence-electron chi connectivity index (χ1n) is 4.73. The quantitative estimate of drug-likeness (QED) is 0.582. The smallest absolute Gasteiger partial charge is 0.404 e. The van der Waals surface area contributed by atoms with E-state index in [4.69, 9.17) is 5.73 Å². The van der Waals surface area contributed by atoms with Gasteiger partial charge in [0.15, 0.2) is 9.84 Å². The van der Waals surface area contributed by atoms with E-state index in [9.17, 15) is 13.2 Å². The number of sulfone groups is 1. The van der Waals surface area contributed by atoms with Gasteiger partial charge in [-0.1, -0.05) is 6.92 Å². The molecule has 6 nitrogen and oxygen atoms in total. The van der Waals surface area contributed by atoms with Crippen molar-refractivity contribution in [3.8, 4) is 0 Å². The SMILES string of the molecule is CCS(=O)(=O)CC(C)NCCOC(N)=O. The van der Waals surface area contributed by atoms with Crippen LogP contribution in [-0.2, 0) is 14.6 Å². The molecule has 0 aromatic rings. The summed E-state index contributed by atoms with van der Waals surface area (Å²) in [4.78, 5) is 10.2. The van der Waals surface area contributed by atoms with Crippen LogP contribution in [0.25, 0.3) is 0 Å². The lowest BCUT2D eigenvalue weighted by Crippen LogP contribution is -2.36. The molecular formula is C8H18N2O4S. The molecule has 0 aliphatic rings. The number of hydrogen-bond acceptors (Lipinski definition) is 5. The highest BCUT2D eigenvalue weighted by Crippen LogP contribution is 1.93. The van der Waals surface area contributed by atoms with Crippen LogP contribution in [0.4, 0.5) is 4.79 Å². The maximum Gasteiger partial charge on any atom is 0.404 e. The third-order valence-electron chi connectivity index (χ3n) is 1.78. The van der Waals surface area contributed by atoms with E-state index in [1.165, 1.54) is 0 Å². The fourth-order valence-corrected chi connectivity index (χ4v) is 2.13. The van der Waals surface area contributed by atoms with Crippen molar-refractivity contribution in [1.29, 1.82) is 0 Å². The molecule has 0 spiro atoms. The minimum absolute atomic E-state index is 0.0834. The van der Waals surface area contributed by atoms with Gasteiger partial charge in [0.2, 0.25) is 0 Å². The first-order valence-corrected chi connectivity index (χ1v) is 6.55. The average molecular weight is 238 g/mol. The molecule has 3 N–H and O–H groups in total. The summed E-state index contributed by atoms with van der Waals surface area (Å²) in [6.45, 7) is 3.91. The van der Waals surface area contributed by atoms with Crippen molar-refractivity contribution in [2.75, 3.05) is 24.7 Å². The van der Waals surface area contributed by atoms with Gasteiger partial charge in [0.05, 0.1) is 5.75 Å². The zero-order valence-corrected chi connectivity index (χ0v) is 9.84. The number of carbonyl (C=O) groups is 1. The van der Waals surface area contributed by atoms with Crippen LogP contribution in [0, 0.1) is 0 Å². The van der Waals surface area contributed by atoms with Crippen LogP contribution in [0.1, 0.15) is 13.8 Å². The summed E-state index contributed by atoms with van der Waals surface area (Å²) in [7, 11) is -2.97. The van der Waals surface area contributed by atoms with Gasteiger partial charge >= 0.3 is 6.09 Å². The molecule has 0 radical (unpaired) electrons. The number of ether oxygens (including phenoxy) is 1. The molecule has 90 valence electrons. The second-order valence-corrected chi connectivity index (χ2v) is 5.62. The zero-order valence-electron chi connectivity index (χ0n) is 9.02. The normalized spacial score (nSPS) is 13.5. The Kier molecular flexibility index (Phi) is 6.26. The van der Waals surface area contributed by atoms with Gasteiger partial charge in [0.25, 0.3) is 0 Å². The molecular weight excluding hydrogens is 220 g/mol. The summed E-state index contributed by atoms with van der Waals surface area (Å²) in [5.41, 5.74) is 4.75. The summed E-state index contributed by atoms with van der Waals surface area (Å²) >= 11 is 0. The lowest BCUT2D eigenvalue weighted by molar-refractivity contribution is 0.156. The Bertz CT molecular complexity index is 289. The van der Waals surface area contributed by atoms with Crippen LogP contribution >= 0.6 is 0 Å². The molecule has 0 bridgehead atoms. The van der Waals surface area contributed by atoms with E-state index in [0.717, 1.165) is 0 Å². The molecule has 0 aliphatic heterocycles. The van der Waals surface area contributed by atoms with E-state index in [0.29, 0.717) is 6.54 Å². The fourth-order valence-electron chi connectivity index (χ4n) is 1.01. The third-order valence-corrected chi connectivity index (χ3v) is 3.67. The number of carbonyl (C=O) groups excluding carboxylic acids is 1. The van der Waals surface area contributed by atoms with Crippen LogP contribution in [-0.4, -0.2) is 45.2 Å². The second-order valence-electron chi connectivity index (χ2n) is 3.22. The molecule has 1 atom stereocenters. The van der Waals surface area contributed by atoms with E-state index in [-0.39, 0.29) is 24.2 Å². The molecule has 0 heterocycles. The molecule has 1 unspecified atom stereocenters. The highest BCUT2D eigenvalue weighted by molar-refractivity contribution is 7.91. The van der Waals surface area contributed by atoms with Gasteiger partial charge in [-0.2, -0.15) is 0 Å². The molecule has 0 rings (SSSR count). The lowest BCUT2D eigenvalue weighted by atomic mass is 10.4. The first-order chi connectivity index (χ1) is 6.87. The summed E-state index contributed by atoms with van der Waals surface area (Å²) in [6, 6.07) is -0.161. The predicted octanol–water partition coefficient (Wildman–Crippen LogP) is -0.505. The molecule has 7 heteroatoms. The minimum atomic E-state index is -2.97. The number of nitrogens with one attached hydrogen (secondary N) is 1. The van der Waals surface area contributed by atoms with E-state index in [1.807, 2.05) is 0 Å². The van der Waals surface area contributed by atoms with E-state index in [1.54, 1.807) is 13.8 Å². The van der Waals surface area contributed by atoms with E-state index < -0.39 is 15.9 Å². The standard InChI is InChI=1S/C8H18N2O4S/c1-3-15(12,13)6-7(2)10-4-5-14-8(9)11/h7,10H,3-6H2,1-2H3,(H2,9,11). The van der Waals surface area contributed by atoms with Crippen molar-refractivity contribution in [3.63, 3.8) is 0 Å². The van der Waals surface area contributed by atoms with Crippen molar-refractivity contribution >= 4 is 15.9 Å². The Morgan fingerprint density at radius 3 is 2.60 bits per heavy atom. The summed E-state index contributed by atoms with van der Waals surface area (Å²) < 4.78 is 26.9. The molecule has 1 amide bonds. The molecule has 0 aromatic carbocycles. The van der Waals surface area contributed by atoms with Crippen molar-refractivity contribution in [2.24, 2.45) is 5.73 Å². The minimum Gasteiger partial charge on any atom is -0.448 e. The Hall–Kier alpha value is -0.820. The summed E-state index contributed by atoms with van der Waals surface area (Å²) in [5, 5.41) is 2.92. The van der Waals surface area contributed by atoms with Gasteiger partial charge in [-0.05, 0) is 6.92 Å². The lowest BCUT2D eigenvalue weighted by Gasteiger charge is -2.12. The number of hydrogen-bond donors (Lipinski definition) is 2. The van der Waals surface area contributed by atoms with Gasteiger partial charge in [-0.15, -0.1) is 0 Å². The molecule has 15 heavy (non-hydrogen) atoms. The van der Waals surface area contributed by atoms with Gasteiger partial charge in [-0.25, -0.2) is 13.2 Å². The molecule has 0 saturated carbocycles. The predicted molar refractivity (Wildman–Crippen MR) is 57.3 cm³/mol. The number of amides is 1. The monoisotopic (exact) mass is 238 g/mol. The highest BCUT2D eigenvalue weighted by Gasteiger charge is 2.12. The van der Waals surface area contributed by atoms with Crippen molar-refractivity contribution in [3.05, 3.63) is 0 Å². The van der Waals surface area contributed by atoms with Crippen molar-refractivity contribution < 1.29 is 17.9 Å². The van der Waals surface area contributed by atoms with Crippen molar-refractivity contribution in [1.82, 2.24) is 5.32 Å². The number of nitrogens with two attached hydrogens (primary N) is 1. The van der Waals surface area contributed by atoms with Gasteiger partial charge < -0.3 is 15.8 Å². The summed E-state index contributed by atoms with van der Waals surface area (Å²) in [6.07, 6.45) is -0.828. The van der Waals surface area contributed by atoms with Crippen LogP contribution in [0.5, 0.6) is 0 Å². The largest absolute Gasteiger partial charge is 0.448 e. The molecule has 0 saturated heterocycles. The number of rotatable bonds is 7. The van der Waals surface area contributed by atoms with Crippen LogP contribution in [0.3, 0.4) is 0 Å². The Morgan fingerprint density at radius 2 is 2.13 bits per heavy atom.